The van der Waals surface area contributed by atoms with Gasteiger partial charge in [0.05, 0.1) is 5.69 Å². The fourth-order valence-electron chi connectivity index (χ4n) is 2.20. The molecular weight excluding hydrogens is 277 g/mol. The first-order chi connectivity index (χ1) is 9.67. The van der Waals surface area contributed by atoms with Gasteiger partial charge in [0.2, 0.25) is 0 Å². The first kappa shape index (κ1) is 13.2. The van der Waals surface area contributed by atoms with E-state index in [-0.39, 0.29) is 5.75 Å². The van der Waals surface area contributed by atoms with Crippen molar-refractivity contribution in [2.24, 2.45) is 0 Å². The van der Waals surface area contributed by atoms with Gasteiger partial charge >= 0.3 is 0 Å². The van der Waals surface area contributed by atoms with Crippen molar-refractivity contribution in [1.29, 1.82) is 0 Å². The molecule has 1 aromatic carbocycles. The molecule has 104 valence electrons. The maximum atomic E-state index is 13.4. The summed E-state index contributed by atoms with van der Waals surface area (Å²) < 4.78 is 13.4. The van der Waals surface area contributed by atoms with Crippen LogP contribution in [0.3, 0.4) is 0 Å². The van der Waals surface area contributed by atoms with Gasteiger partial charge in [-0.3, -0.25) is 0 Å². The summed E-state index contributed by atoms with van der Waals surface area (Å²) in [4.78, 5) is 8.97. The number of rotatable bonds is 3. The quantitative estimate of drug-likeness (QED) is 0.909. The topological polar surface area (TPSA) is 58.0 Å². The van der Waals surface area contributed by atoms with Gasteiger partial charge < -0.3 is 10.4 Å². The summed E-state index contributed by atoms with van der Waals surface area (Å²) in [7, 11) is 0. The minimum Gasteiger partial charge on any atom is -0.508 e. The van der Waals surface area contributed by atoms with Crippen molar-refractivity contribution in [3.63, 3.8) is 0 Å². The van der Waals surface area contributed by atoms with Crippen molar-refractivity contribution >= 4 is 17.6 Å². The normalized spacial score (nSPS) is 13.3. The van der Waals surface area contributed by atoms with Gasteiger partial charge in [-0.25, -0.2) is 14.4 Å². The van der Waals surface area contributed by atoms with Crippen LogP contribution in [0.1, 0.15) is 18.2 Å². The SMILES string of the molecule is CCNc1nc(-c2cc(O)cc(F)c2)nc2c1CSC2. The van der Waals surface area contributed by atoms with Gasteiger partial charge in [-0.05, 0) is 19.1 Å². The molecule has 2 aromatic rings. The number of phenols is 1. The summed E-state index contributed by atoms with van der Waals surface area (Å²) in [6.45, 7) is 2.77. The molecule has 3 rings (SSSR count). The van der Waals surface area contributed by atoms with E-state index in [4.69, 9.17) is 0 Å². The van der Waals surface area contributed by atoms with Crippen LogP contribution in [0.4, 0.5) is 10.2 Å². The van der Waals surface area contributed by atoms with Gasteiger partial charge in [-0.15, -0.1) is 0 Å². The molecule has 1 aliphatic rings. The third kappa shape index (κ3) is 2.43. The fourth-order valence-corrected chi connectivity index (χ4v) is 3.24. The molecular formula is C14H14FN3OS. The molecule has 2 N–H and O–H groups in total. The summed E-state index contributed by atoms with van der Waals surface area (Å²) in [6.07, 6.45) is 0. The Bertz CT molecular complexity index is 643. The zero-order valence-corrected chi connectivity index (χ0v) is 11.8. The number of nitrogens with zero attached hydrogens (tertiary/aromatic N) is 2. The van der Waals surface area contributed by atoms with E-state index in [1.54, 1.807) is 11.8 Å². The van der Waals surface area contributed by atoms with E-state index in [1.807, 2.05) is 6.92 Å². The highest BCUT2D eigenvalue weighted by atomic mass is 32.2. The van der Waals surface area contributed by atoms with Gasteiger partial charge in [0.25, 0.3) is 0 Å². The number of thioether (sulfide) groups is 1. The lowest BCUT2D eigenvalue weighted by Gasteiger charge is -2.10. The first-order valence-corrected chi connectivity index (χ1v) is 7.54. The number of aromatic nitrogens is 2. The predicted octanol–water partition coefficient (Wildman–Crippen LogP) is 3.17. The van der Waals surface area contributed by atoms with Crippen molar-refractivity contribution in [3.05, 3.63) is 35.3 Å². The third-order valence-electron chi connectivity index (χ3n) is 3.06. The van der Waals surface area contributed by atoms with Crippen LogP contribution in [0.15, 0.2) is 18.2 Å². The second-order valence-electron chi connectivity index (χ2n) is 4.54. The highest BCUT2D eigenvalue weighted by Crippen LogP contribution is 2.34. The molecule has 0 saturated heterocycles. The van der Waals surface area contributed by atoms with Crippen molar-refractivity contribution in [2.75, 3.05) is 11.9 Å². The Morgan fingerprint density at radius 3 is 2.90 bits per heavy atom. The number of fused-ring (bicyclic) bond motifs is 1. The minimum atomic E-state index is -0.497. The van der Waals surface area contributed by atoms with E-state index in [1.165, 1.54) is 12.1 Å². The van der Waals surface area contributed by atoms with Crippen LogP contribution in [-0.4, -0.2) is 21.6 Å². The molecule has 0 spiro atoms. The molecule has 0 radical (unpaired) electrons. The number of anilines is 1. The molecule has 0 atom stereocenters. The molecule has 0 bridgehead atoms. The summed E-state index contributed by atoms with van der Waals surface area (Å²) >= 11 is 1.79. The molecule has 0 aliphatic carbocycles. The van der Waals surface area contributed by atoms with E-state index >= 15 is 0 Å². The Kier molecular flexibility index (Phi) is 3.48. The Morgan fingerprint density at radius 1 is 1.30 bits per heavy atom. The molecule has 1 aliphatic heterocycles. The van der Waals surface area contributed by atoms with Gasteiger partial charge in [0.15, 0.2) is 5.82 Å². The zero-order chi connectivity index (χ0) is 14.1. The smallest absolute Gasteiger partial charge is 0.162 e. The number of aromatic hydroxyl groups is 1. The maximum Gasteiger partial charge on any atom is 0.162 e. The van der Waals surface area contributed by atoms with E-state index in [0.29, 0.717) is 11.4 Å². The first-order valence-electron chi connectivity index (χ1n) is 6.38. The van der Waals surface area contributed by atoms with Crippen molar-refractivity contribution in [1.82, 2.24) is 9.97 Å². The monoisotopic (exact) mass is 291 g/mol. The molecule has 2 heterocycles. The highest BCUT2D eigenvalue weighted by molar-refractivity contribution is 7.98. The van der Waals surface area contributed by atoms with Crippen molar-refractivity contribution in [2.45, 2.75) is 18.4 Å². The average Bonchev–Trinajstić information content (AvgIpc) is 2.86. The third-order valence-corrected chi connectivity index (χ3v) is 4.03. The second kappa shape index (κ2) is 5.28. The van der Waals surface area contributed by atoms with Crippen molar-refractivity contribution < 1.29 is 9.50 Å². The Labute approximate surface area is 120 Å². The van der Waals surface area contributed by atoms with Gasteiger partial charge in [-0.2, -0.15) is 11.8 Å². The number of halogens is 1. The molecule has 0 amide bonds. The van der Waals surface area contributed by atoms with Crippen LogP contribution in [0, 0.1) is 5.82 Å². The predicted molar refractivity (Wildman–Crippen MR) is 78.3 cm³/mol. The molecule has 0 saturated carbocycles. The number of hydrogen-bond acceptors (Lipinski definition) is 5. The van der Waals surface area contributed by atoms with Gasteiger partial charge in [0.1, 0.15) is 17.4 Å². The van der Waals surface area contributed by atoms with Crippen LogP contribution in [0.2, 0.25) is 0 Å². The van der Waals surface area contributed by atoms with E-state index in [2.05, 4.69) is 15.3 Å². The highest BCUT2D eigenvalue weighted by Gasteiger charge is 2.20. The van der Waals surface area contributed by atoms with E-state index in [9.17, 15) is 9.50 Å². The molecule has 6 heteroatoms. The number of nitrogens with one attached hydrogen (secondary N) is 1. The van der Waals surface area contributed by atoms with E-state index in [0.717, 1.165) is 41.2 Å². The standard InChI is InChI=1S/C14H14FN3OS/c1-2-16-14-11-6-20-7-12(11)17-13(18-14)8-3-9(15)5-10(19)4-8/h3-5,19H,2,6-7H2,1H3,(H,16,17,18). The minimum absolute atomic E-state index is 0.122. The van der Waals surface area contributed by atoms with Gasteiger partial charge in [0, 0.05) is 35.2 Å². The Balaban J connectivity index is 2.12. The van der Waals surface area contributed by atoms with Crippen LogP contribution < -0.4 is 5.32 Å². The average molecular weight is 291 g/mol. The lowest BCUT2D eigenvalue weighted by Crippen LogP contribution is -2.06. The molecule has 0 unspecified atom stereocenters. The molecule has 1 aromatic heterocycles. The summed E-state index contributed by atoms with van der Waals surface area (Å²) in [5.41, 5.74) is 2.60. The Hall–Kier alpha value is -1.82. The molecule has 20 heavy (non-hydrogen) atoms. The largest absolute Gasteiger partial charge is 0.508 e. The summed E-state index contributed by atoms with van der Waals surface area (Å²) in [5, 5.41) is 12.7. The Morgan fingerprint density at radius 2 is 2.15 bits per heavy atom. The molecule has 4 nitrogen and oxygen atoms in total. The molecule has 0 fully saturated rings. The lowest BCUT2D eigenvalue weighted by atomic mass is 10.1. The maximum absolute atomic E-state index is 13.4. The van der Waals surface area contributed by atoms with Crippen LogP contribution in [0.25, 0.3) is 11.4 Å². The number of benzene rings is 1. The summed E-state index contributed by atoms with van der Waals surface area (Å²) in [5.74, 6) is 2.36. The van der Waals surface area contributed by atoms with Crippen LogP contribution in [-0.2, 0) is 11.5 Å². The van der Waals surface area contributed by atoms with Crippen LogP contribution >= 0.6 is 11.8 Å². The summed E-state index contributed by atoms with van der Waals surface area (Å²) in [6, 6.07) is 3.87. The van der Waals surface area contributed by atoms with Crippen molar-refractivity contribution in [3.8, 4) is 17.1 Å². The lowest BCUT2D eigenvalue weighted by molar-refractivity contribution is 0.469. The second-order valence-corrected chi connectivity index (χ2v) is 5.53. The van der Waals surface area contributed by atoms with Crippen LogP contribution in [0.5, 0.6) is 5.75 Å². The number of phenolic OH excluding ortho intramolecular Hbond substituents is 1. The number of hydrogen-bond donors (Lipinski definition) is 2. The zero-order valence-electron chi connectivity index (χ0n) is 11.0. The van der Waals surface area contributed by atoms with E-state index < -0.39 is 5.82 Å². The fraction of sp³-hybridized carbons (Fsp3) is 0.286. The van der Waals surface area contributed by atoms with Gasteiger partial charge in [-0.1, -0.05) is 0 Å².